The van der Waals surface area contributed by atoms with Crippen molar-refractivity contribution in [2.24, 2.45) is 5.92 Å². The van der Waals surface area contributed by atoms with E-state index in [-0.39, 0.29) is 24.0 Å². The highest BCUT2D eigenvalue weighted by Gasteiger charge is 2.20. The molecule has 1 rings (SSSR count). The fraction of sp³-hybridized carbons (Fsp3) is 0.538. The smallest absolute Gasteiger partial charge is 0.314 e. The Balaban J connectivity index is 2.64. The Labute approximate surface area is 111 Å². The molecule has 0 radical (unpaired) electrons. The molecule has 1 atom stereocenters. The van der Waals surface area contributed by atoms with E-state index in [4.69, 9.17) is 4.74 Å². The minimum absolute atomic E-state index is 0.126. The van der Waals surface area contributed by atoms with Crippen LogP contribution in [-0.4, -0.2) is 24.1 Å². The second kappa shape index (κ2) is 7.04. The molecule has 0 fully saturated rings. The Hall–Kier alpha value is -1.69. The summed E-state index contributed by atoms with van der Waals surface area (Å²) in [6, 6.07) is 4.03. The molecule has 0 saturated heterocycles. The van der Waals surface area contributed by atoms with Crippen LogP contribution in [0.2, 0.25) is 0 Å². The first-order chi connectivity index (χ1) is 8.91. The Morgan fingerprint density at radius 2 is 2.11 bits per heavy atom. The van der Waals surface area contributed by atoms with E-state index in [1.165, 1.54) is 12.1 Å². The van der Waals surface area contributed by atoms with Gasteiger partial charge in [0.05, 0.1) is 11.5 Å². The van der Waals surface area contributed by atoms with Crippen molar-refractivity contribution in [3.63, 3.8) is 0 Å². The third-order valence-electron chi connectivity index (χ3n) is 2.53. The lowest BCUT2D eigenvalue weighted by atomic mass is 10.2. The minimum Gasteiger partial charge on any atom is -0.484 e. The van der Waals surface area contributed by atoms with E-state index in [2.05, 4.69) is 5.32 Å². The second-order valence-corrected chi connectivity index (χ2v) is 4.82. The quantitative estimate of drug-likeness (QED) is 0.611. The first-order valence-corrected chi connectivity index (χ1v) is 6.21. The van der Waals surface area contributed by atoms with Crippen molar-refractivity contribution in [1.82, 2.24) is 5.32 Å². The molecule has 0 aliphatic heterocycles. The molecule has 5 nitrogen and oxygen atoms in total. The average molecular weight is 270 g/mol. The summed E-state index contributed by atoms with van der Waals surface area (Å²) in [6.07, 6.45) is 0. The lowest BCUT2D eigenvalue weighted by Gasteiger charge is -2.16. The molecule has 0 heterocycles. The van der Waals surface area contributed by atoms with Gasteiger partial charge in [-0.3, -0.25) is 10.1 Å². The van der Waals surface area contributed by atoms with E-state index in [9.17, 15) is 14.5 Å². The standard InChI is InChI=1S/C13H19FN2O3/c1-9(2)15-7-10(3)8-19-13-11(14)5-4-6-12(13)16(17)18/h4-6,9-10,15H,7-8H2,1-3H3. The van der Waals surface area contributed by atoms with Gasteiger partial charge in [-0.2, -0.15) is 0 Å². The van der Waals surface area contributed by atoms with Crippen molar-refractivity contribution < 1.29 is 14.1 Å². The Bertz CT molecular complexity index is 438. The fourth-order valence-corrected chi connectivity index (χ4v) is 1.51. The third-order valence-corrected chi connectivity index (χ3v) is 2.53. The normalized spacial score (nSPS) is 12.5. The molecule has 106 valence electrons. The highest BCUT2D eigenvalue weighted by molar-refractivity contribution is 5.46. The van der Waals surface area contributed by atoms with Crippen LogP contribution >= 0.6 is 0 Å². The number of nitro groups is 1. The van der Waals surface area contributed by atoms with Gasteiger partial charge in [-0.05, 0) is 6.07 Å². The number of benzene rings is 1. The van der Waals surface area contributed by atoms with Crippen LogP contribution in [0.25, 0.3) is 0 Å². The maximum absolute atomic E-state index is 13.5. The number of hydrogen-bond donors (Lipinski definition) is 1. The first-order valence-electron chi connectivity index (χ1n) is 6.21. The summed E-state index contributed by atoms with van der Waals surface area (Å²) in [6.45, 7) is 6.91. The molecule has 1 aromatic rings. The van der Waals surface area contributed by atoms with E-state index in [0.717, 1.165) is 6.07 Å². The van der Waals surface area contributed by atoms with Gasteiger partial charge in [-0.25, -0.2) is 4.39 Å². The molecule has 1 unspecified atom stereocenters. The zero-order valence-electron chi connectivity index (χ0n) is 11.4. The predicted octanol–water partition coefficient (Wildman–Crippen LogP) is 2.75. The number of nitrogens with zero attached hydrogens (tertiary/aromatic N) is 1. The molecule has 6 heteroatoms. The van der Waals surface area contributed by atoms with Crippen LogP contribution in [-0.2, 0) is 0 Å². The molecular weight excluding hydrogens is 251 g/mol. The summed E-state index contributed by atoms with van der Waals surface area (Å²) in [4.78, 5) is 10.1. The van der Waals surface area contributed by atoms with Crippen molar-refractivity contribution in [3.05, 3.63) is 34.1 Å². The molecular formula is C13H19FN2O3. The Kier molecular flexibility index (Phi) is 5.69. The Morgan fingerprint density at radius 3 is 2.68 bits per heavy atom. The Morgan fingerprint density at radius 1 is 1.42 bits per heavy atom. The van der Waals surface area contributed by atoms with E-state index in [0.29, 0.717) is 12.6 Å². The van der Waals surface area contributed by atoms with Gasteiger partial charge >= 0.3 is 5.69 Å². The largest absolute Gasteiger partial charge is 0.484 e. The molecule has 0 amide bonds. The minimum atomic E-state index is -0.710. The molecule has 1 aromatic carbocycles. The predicted molar refractivity (Wildman–Crippen MR) is 70.9 cm³/mol. The number of hydrogen-bond acceptors (Lipinski definition) is 4. The van der Waals surface area contributed by atoms with E-state index in [1.807, 2.05) is 20.8 Å². The maximum atomic E-state index is 13.5. The molecule has 1 N–H and O–H groups in total. The molecule has 0 saturated carbocycles. The second-order valence-electron chi connectivity index (χ2n) is 4.82. The number of nitrogens with one attached hydrogen (secondary N) is 1. The van der Waals surface area contributed by atoms with E-state index >= 15 is 0 Å². The maximum Gasteiger partial charge on any atom is 0.314 e. The van der Waals surface area contributed by atoms with Crippen molar-refractivity contribution in [2.45, 2.75) is 26.8 Å². The molecule has 0 aliphatic carbocycles. The average Bonchev–Trinajstić information content (AvgIpc) is 2.34. The van der Waals surface area contributed by atoms with Gasteiger partial charge in [-0.1, -0.05) is 26.8 Å². The van der Waals surface area contributed by atoms with Crippen molar-refractivity contribution in [1.29, 1.82) is 0 Å². The highest BCUT2D eigenvalue weighted by atomic mass is 19.1. The van der Waals surface area contributed by atoms with Crippen molar-refractivity contribution in [2.75, 3.05) is 13.2 Å². The van der Waals surface area contributed by atoms with E-state index in [1.54, 1.807) is 0 Å². The van der Waals surface area contributed by atoms with Crippen LogP contribution in [0.3, 0.4) is 0 Å². The number of para-hydroxylation sites is 1. The molecule has 0 spiro atoms. The number of rotatable bonds is 7. The summed E-state index contributed by atoms with van der Waals surface area (Å²) >= 11 is 0. The molecule has 0 bridgehead atoms. The van der Waals surface area contributed by atoms with Gasteiger partial charge in [0, 0.05) is 24.6 Å². The SMILES string of the molecule is CC(CNC(C)C)COc1c(F)cccc1[N+](=O)[O-]. The van der Waals surface area contributed by atoms with Crippen LogP contribution in [0.4, 0.5) is 10.1 Å². The topological polar surface area (TPSA) is 64.4 Å². The van der Waals surface area contributed by atoms with Crippen LogP contribution in [0, 0.1) is 21.8 Å². The van der Waals surface area contributed by atoms with Gasteiger partial charge in [0.15, 0.2) is 5.82 Å². The number of halogens is 1. The fourth-order valence-electron chi connectivity index (χ4n) is 1.51. The molecule has 0 aromatic heterocycles. The van der Waals surface area contributed by atoms with Crippen LogP contribution < -0.4 is 10.1 Å². The van der Waals surface area contributed by atoms with Gasteiger partial charge in [0.1, 0.15) is 0 Å². The lowest BCUT2D eigenvalue weighted by molar-refractivity contribution is -0.386. The lowest BCUT2D eigenvalue weighted by Crippen LogP contribution is -2.30. The summed E-state index contributed by atoms with van der Waals surface area (Å²) < 4.78 is 18.8. The third kappa shape index (κ3) is 4.82. The van der Waals surface area contributed by atoms with Crippen LogP contribution in [0.1, 0.15) is 20.8 Å². The summed E-state index contributed by atoms with van der Waals surface area (Å²) in [5, 5.41) is 14.0. The summed E-state index contributed by atoms with van der Waals surface area (Å²) in [5.74, 6) is -0.872. The van der Waals surface area contributed by atoms with Crippen LogP contribution in [0.15, 0.2) is 18.2 Å². The zero-order valence-corrected chi connectivity index (χ0v) is 11.4. The van der Waals surface area contributed by atoms with Gasteiger partial charge < -0.3 is 10.1 Å². The summed E-state index contributed by atoms with van der Waals surface area (Å²) in [5.41, 5.74) is -0.344. The van der Waals surface area contributed by atoms with Gasteiger partial charge in [0.25, 0.3) is 0 Å². The van der Waals surface area contributed by atoms with E-state index < -0.39 is 10.7 Å². The number of ether oxygens (including phenoxy) is 1. The van der Waals surface area contributed by atoms with Gasteiger partial charge in [-0.15, -0.1) is 0 Å². The zero-order chi connectivity index (χ0) is 14.4. The molecule has 19 heavy (non-hydrogen) atoms. The monoisotopic (exact) mass is 270 g/mol. The van der Waals surface area contributed by atoms with Crippen LogP contribution in [0.5, 0.6) is 5.75 Å². The number of nitro benzene ring substituents is 1. The first kappa shape index (κ1) is 15.4. The van der Waals surface area contributed by atoms with Gasteiger partial charge in [0.2, 0.25) is 5.75 Å². The molecule has 0 aliphatic rings. The van der Waals surface area contributed by atoms with Crippen molar-refractivity contribution in [3.8, 4) is 5.75 Å². The highest BCUT2D eigenvalue weighted by Crippen LogP contribution is 2.29. The summed E-state index contributed by atoms with van der Waals surface area (Å²) in [7, 11) is 0. The van der Waals surface area contributed by atoms with Crippen molar-refractivity contribution >= 4 is 5.69 Å².